The Kier molecular flexibility index (Phi) is 14.1. The number of hydrogen-bond donors (Lipinski definition) is 2. The summed E-state index contributed by atoms with van der Waals surface area (Å²) in [5, 5.41) is 23.9. The summed E-state index contributed by atoms with van der Waals surface area (Å²) in [6, 6.07) is 38.4. The van der Waals surface area contributed by atoms with Crippen molar-refractivity contribution < 1.29 is 34.0 Å². The quantitative estimate of drug-likeness (QED) is 0.154. The minimum Gasteiger partial charge on any atom is -0.390 e. The average molecular weight is 683 g/mol. The van der Waals surface area contributed by atoms with Crippen LogP contribution >= 0.6 is 0 Å². The van der Waals surface area contributed by atoms with E-state index in [-0.39, 0.29) is 38.9 Å². The molecule has 5 unspecified atom stereocenters. The molecule has 5 rings (SSSR count). The number of likely N-dealkylation sites (N-methyl/N-ethyl adjacent to an activating group) is 1. The van der Waals surface area contributed by atoms with Gasteiger partial charge in [0.1, 0.15) is 17.8 Å². The molecular weight excluding hydrogens is 632 g/mol. The molecule has 1 fully saturated rings. The second kappa shape index (κ2) is 18.9. The molecule has 9 heteroatoms. The van der Waals surface area contributed by atoms with Gasteiger partial charge in [-0.1, -0.05) is 121 Å². The van der Waals surface area contributed by atoms with Gasteiger partial charge in [-0.3, -0.25) is 4.79 Å². The number of piperazine rings is 1. The van der Waals surface area contributed by atoms with E-state index in [0.29, 0.717) is 26.2 Å². The van der Waals surface area contributed by atoms with Crippen LogP contribution < -0.4 is 0 Å². The fraction of sp³-hybridized carbons (Fsp3) is 0.390. The lowest BCUT2D eigenvalue weighted by atomic mass is 9.85. The summed E-state index contributed by atoms with van der Waals surface area (Å²) in [7, 11) is 2.03. The van der Waals surface area contributed by atoms with Crippen LogP contribution in [0.5, 0.6) is 0 Å². The summed E-state index contributed by atoms with van der Waals surface area (Å²) in [5.41, 5.74) is 1.50. The van der Waals surface area contributed by atoms with E-state index in [1.807, 2.05) is 128 Å². The molecule has 0 radical (unpaired) electrons. The molecule has 0 aromatic heterocycles. The van der Waals surface area contributed by atoms with Crippen LogP contribution in [-0.4, -0.2) is 95.8 Å². The van der Waals surface area contributed by atoms with Crippen LogP contribution in [0.3, 0.4) is 0 Å². The molecule has 1 saturated heterocycles. The summed E-state index contributed by atoms with van der Waals surface area (Å²) < 4.78 is 26.0. The Bertz CT molecular complexity index is 1540. The van der Waals surface area contributed by atoms with Gasteiger partial charge in [-0.2, -0.15) is 0 Å². The fourth-order valence-electron chi connectivity index (χ4n) is 6.00. The van der Waals surface area contributed by atoms with Crippen LogP contribution in [0.4, 0.5) is 0 Å². The van der Waals surface area contributed by atoms with E-state index in [4.69, 9.17) is 18.9 Å². The number of amides is 1. The number of rotatable bonds is 18. The zero-order valence-corrected chi connectivity index (χ0v) is 29.1. The number of aliphatic hydroxyl groups excluding tert-OH is 1. The Labute approximate surface area is 296 Å². The first-order valence-electron chi connectivity index (χ1n) is 17.3. The molecule has 50 heavy (non-hydrogen) atoms. The van der Waals surface area contributed by atoms with Crippen molar-refractivity contribution >= 4 is 5.91 Å². The molecular formula is C41H50N2O7. The van der Waals surface area contributed by atoms with Crippen molar-refractivity contribution in [3.05, 3.63) is 144 Å². The van der Waals surface area contributed by atoms with Gasteiger partial charge in [-0.05, 0) is 36.2 Å². The summed E-state index contributed by atoms with van der Waals surface area (Å²) >= 11 is 0. The highest BCUT2D eigenvalue weighted by Crippen LogP contribution is 2.31. The SMILES string of the molecule is CC(O)C(O)(COCc1ccccc1)C(OCc1ccccc1)C(OCc1ccccc1)C(OCc1ccccc1)C(=O)N1CCN(C)CC1. The van der Waals surface area contributed by atoms with E-state index >= 15 is 0 Å². The van der Waals surface area contributed by atoms with Crippen molar-refractivity contribution in [2.75, 3.05) is 39.8 Å². The maximum atomic E-state index is 14.6. The molecule has 0 saturated carbocycles. The lowest BCUT2D eigenvalue weighted by Crippen LogP contribution is -2.65. The molecule has 0 bridgehead atoms. The van der Waals surface area contributed by atoms with Crippen molar-refractivity contribution in [3.8, 4) is 0 Å². The monoisotopic (exact) mass is 682 g/mol. The van der Waals surface area contributed by atoms with Crippen molar-refractivity contribution in [1.82, 2.24) is 9.80 Å². The zero-order chi connectivity index (χ0) is 35.2. The lowest BCUT2D eigenvalue weighted by Gasteiger charge is -2.44. The summed E-state index contributed by atoms with van der Waals surface area (Å²) in [6.45, 7) is 4.18. The first-order chi connectivity index (χ1) is 24.3. The van der Waals surface area contributed by atoms with Crippen molar-refractivity contribution in [2.24, 2.45) is 0 Å². The third kappa shape index (κ3) is 10.5. The predicted molar refractivity (Wildman–Crippen MR) is 192 cm³/mol. The van der Waals surface area contributed by atoms with Crippen LogP contribution in [0.2, 0.25) is 0 Å². The molecule has 4 aromatic rings. The number of aliphatic hydroxyl groups is 2. The summed E-state index contributed by atoms with van der Waals surface area (Å²) in [4.78, 5) is 18.6. The average Bonchev–Trinajstić information content (AvgIpc) is 3.15. The maximum Gasteiger partial charge on any atom is 0.254 e. The maximum absolute atomic E-state index is 14.6. The fourth-order valence-corrected chi connectivity index (χ4v) is 6.00. The van der Waals surface area contributed by atoms with E-state index in [9.17, 15) is 15.0 Å². The minimum absolute atomic E-state index is 0.0819. The second-order valence-corrected chi connectivity index (χ2v) is 13.0. The van der Waals surface area contributed by atoms with Gasteiger partial charge >= 0.3 is 0 Å². The van der Waals surface area contributed by atoms with Crippen molar-refractivity contribution in [3.63, 3.8) is 0 Å². The van der Waals surface area contributed by atoms with Crippen LogP contribution in [0, 0.1) is 0 Å². The van der Waals surface area contributed by atoms with Gasteiger partial charge in [0, 0.05) is 26.2 Å². The Morgan fingerprint density at radius 2 is 1.08 bits per heavy atom. The lowest BCUT2D eigenvalue weighted by molar-refractivity contribution is -0.247. The summed E-state index contributed by atoms with van der Waals surface area (Å²) in [5.74, 6) is -0.265. The van der Waals surface area contributed by atoms with Gasteiger partial charge < -0.3 is 39.0 Å². The highest BCUT2D eigenvalue weighted by molar-refractivity contribution is 5.82. The molecule has 266 valence electrons. The molecule has 9 nitrogen and oxygen atoms in total. The smallest absolute Gasteiger partial charge is 0.254 e. The first-order valence-corrected chi connectivity index (χ1v) is 17.3. The topological polar surface area (TPSA) is 101 Å². The third-order valence-corrected chi connectivity index (χ3v) is 9.15. The van der Waals surface area contributed by atoms with Gasteiger partial charge in [0.15, 0.2) is 6.10 Å². The first kappa shape index (κ1) is 37.3. The Morgan fingerprint density at radius 1 is 0.660 bits per heavy atom. The minimum atomic E-state index is -2.01. The highest BCUT2D eigenvalue weighted by Gasteiger charge is 2.52. The van der Waals surface area contributed by atoms with Crippen LogP contribution in [0.15, 0.2) is 121 Å². The molecule has 1 heterocycles. The molecule has 0 aliphatic carbocycles. The molecule has 0 spiro atoms. The normalized spacial score (nSPS) is 17.4. The second-order valence-electron chi connectivity index (χ2n) is 13.0. The standard InChI is InChI=1S/C41H50N2O7/c1-32(44)41(46,31-47-27-33-15-7-3-8-16-33)39(50-30-36-21-13-6-14-22-36)37(48-28-34-17-9-4-10-18-34)38(49-29-35-19-11-5-12-20-35)40(45)43-25-23-42(2)24-26-43/h3-22,32,37-39,44,46H,23-31H2,1-2H3. The molecule has 4 aromatic carbocycles. The van der Waals surface area contributed by atoms with E-state index in [0.717, 1.165) is 22.3 Å². The Hall–Kier alpha value is -3.93. The number of hydrogen-bond acceptors (Lipinski definition) is 8. The van der Waals surface area contributed by atoms with Crippen LogP contribution in [0.25, 0.3) is 0 Å². The third-order valence-electron chi connectivity index (χ3n) is 9.15. The van der Waals surface area contributed by atoms with Gasteiger partial charge in [-0.15, -0.1) is 0 Å². The molecule has 1 aliphatic heterocycles. The molecule has 2 N–H and O–H groups in total. The molecule has 1 aliphatic rings. The van der Waals surface area contributed by atoms with Gasteiger partial charge in [-0.25, -0.2) is 0 Å². The van der Waals surface area contributed by atoms with Crippen LogP contribution in [0.1, 0.15) is 29.2 Å². The highest BCUT2D eigenvalue weighted by atomic mass is 16.6. The number of ether oxygens (including phenoxy) is 4. The van der Waals surface area contributed by atoms with E-state index in [1.165, 1.54) is 6.92 Å². The largest absolute Gasteiger partial charge is 0.390 e. The zero-order valence-electron chi connectivity index (χ0n) is 29.1. The summed E-state index contributed by atoms with van der Waals surface area (Å²) in [6.07, 6.45) is -4.95. The predicted octanol–water partition coefficient (Wildman–Crippen LogP) is 4.85. The van der Waals surface area contributed by atoms with Crippen molar-refractivity contribution in [2.45, 2.75) is 63.4 Å². The van der Waals surface area contributed by atoms with E-state index in [2.05, 4.69) is 4.90 Å². The number of carbonyl (C=O) groups excluding carboxylic acids is 1. The van der Waals surface area contributed by atoms with Gasteiger partial charge in [0.05, 0.1) is 39.1 Å². The van der Waals surface area contributed by atoms with Crippen LogP contribution in [-0.2, 0) is 50.2 Å². The van der Waals surface area contributed by atoms with Gasteiger partial charge in [0.25, 0.3) is 5.91 Å². The number of carbonyl (C=O) groups is 1. The Balaban J connectivity index is 1.54. The molecule has 5 atom stereocenters. The van der Waals surface area contributed by atoms with E-state index in [1.54, 1.807) is 4.90 Å². The van der Waals surface area contributed by atoms with Gasteiger partial charge in [0.2, 0.25) is 0 Å². The van der Waals surface area contributed by atoms with Crippen molar-refractivity contribution in [1.29, 1.82) is 0 Å². The molecule has 1 amide bonds. The van der Waals surface area contributed by atoms with E-state index < -0.39 is 30.0 Å². The Morgan fingerprint density at radius 3 is 1.54 bits per heavy atom. The number of benzene rings is 4. The number of nitrogens with zero attached hydrogens (tertiary/aromatic N) is 2.